The molecule has 0 N–H and O–H groups in total. The van der Waals surface area contributed by atoms with E-state index in [1.165, 1.54) is 24.3 Å². The fourth-order valence-corrected chi connectivity index (χ4v) is 2.77. The molecule has 1 aromatic rings. The van der Waals surface area contributed by atoms with E-state index in [9.17, 15) is 0 Å². The number of rotatable bonds is 2. The Morgan fingerprint density at radius 1 is 1.31 bits per heavy atom. The summed E-state index contributed by atoms with van der Waals surface area (Å²) in [6.07, 6.45) is 1.34. The predicted octanol–water partition coefficient (Wildman–Crippen LogP) is 3.10. The Hall–Kier alpha value is -0.470. The van der Waals surface area contributed by atoms with Crippen molar-refractivity contribution in [3.8, 4) is 0 Å². The molecule has 0 spiro atoms. The largest absolute Gasteiger partial charge is 0.243 e. The second kappa shape index (κ2) is 4.16. The maximum Gasteiger partial charge on any atom is 0.0423 e. The van der Waals surface area contributed by atoms with Crippen molar-refractivity contribution in [1.29, 1.82) is 0 Å². The van der Waals surface area contributed by atoms with Crippen LogP contribution in [0.25, 0.3) is 0 Å². The third kappa shape index (κ3) is 2.06. The Labute approximate surface area is 84.3 Å². The molecule has 1 aliphatic heterocycles. The van der Waals surface area contributed by atoms with Gasteiger partial charge < -0.3 is 0 Å². The first-order chi connectivity index (χ1) is 6.38. The highest BCUT2D eigenvalue weighted by atomic mass is 32.2. The van der Waals surface area contributed by atoms with Gasteiger partial charge in [-0.15, -0.1) is 0 Å². The van der Waals surface area contributed by atoms with Gasteiger partial charge in [-0.3, -0.25) is 0 Å². The third-order valence-corrected chi connectivity index (χ3v) is 3.80. The summed E-state index contributed by atoms with van der Waals surface area (Å²) in [5, 5.41) is 0. The van der Waals surface area contributed by atoms with E-state index in [1.807, 2.05) is 11.9 Å². The topological polar surface area (TPSA) is 3.24 Å². The van der Waals surface area contributed by atoms with Crippen molar-refractivity contribution in [2.45, 2.75) is 19.4 Å². The lowest BCUT2D eigenvalue weighted by Gasteiger charge is -2.22. The molecule has 0 saturated carbocycles. The van der Waals surface area contributed by atoms with E-state index < -0.39 is 0 Å². The number of hydrogen-bond donors (Lipinski definition) is 0. The normalized spacial score (nSPS) is 20.4. The van der Waals surface area contributed by atoms with Crippen molar-refractivity contribution in [2.24, 2.45) is 0 Å². The van der Waals surface area contributed by atoms with E-state index in [0.717, 1.165) is 0 Å². The summed E-state index contributed by atoms with van der Waals surface area (Å²) in [4.78, 5) is 0. The Balaban J connectivity index is 2.08. The van der Waals surface area contributed by atoms with Crippen molar-refractivity contribution in [3.63, 3.8) is 0 Å². The molecule has 1 unspecified atom stereocenters. The molecule has 1 saturated heterocycles. The first-order valence-electron chi connectivity index (χ1n) is 4.82. The standard InChI is InChI=1S/C11H15NS/c1-10(12-8-5-9-13-12)11-6-3-2-4-7-11/h2-4,6-7,10H,5,8-9H2,1H3. The van der Waals surface area contributed by atoms with Gasteiger partial charge in [-0.2, -0.15) is 0 Å². The van der Waals surface area contributed by atoms with Gasteiger partial charge in [0.1, 0.15) is 0 Å². The SMILES string of the molecule is CC(c1ccccc1)N1CCCS1. The van der Waals surface area contributed by atoms with Crippen molar-refractivity contribution in [1.82, 2.24) is 4.31 Å². The quantitative estimate of drug-likeness (QED) is 0.664. The lowest BCUT2D eigenvalue weighted by molar-refractivity contribution is 0.403. The van der Waals surface area contributed by atoms with E-state index >= 15 is 0 Å². The second-order valence-corrected chi connectivity index (χ2v) is 4.55. The maximum atomic E-state index is 2.48. The molecule has 1 nitrogen and oxygen atoms in total. The van der Waals surface area contributed by atoms with Gasteiger partial charge in [0.05, 0.1) is 0 Å². The van der Waals surface area contributed by atoms with Crippen LogP contribution in [0, 0.1) is 0 Å². The van der Waals surface area contributed by atoms with Gasteiger partial charge in [0.25, 0.3) is 0 Å². The zero-order valence-corrected chi connectivity index (χ0v) is 8.76. The first kappa shape index (κ1) is 9.10. The Bertz CT molecular complexity index is 254. The van der Waals surface area contributed by atoms with Crippen molar-refractivity contribution in [2.75, 3.05) is 12.3 Å². The van der Waals surface area contributed by atoms with Gasteiger partial charge in [0, 0.05) is 18.3 Å². The molecule has 1 aromatic carbocycles. The van der Waals surface area contributed by atoms with Crippen LogP contribution in [0.3, 0.4) is 0 Å². The molecule has 0 radical (unpaired) electrons. The minimum atomic E-state index is 0.564. The van der Waals surface area contributed by atoms with Crippen LogP contribution in [0.1, 0.15) is 24.9 Å². The van der Waals surface area contributed by atoms with Gasteiger partial charge in [-0.25, -0.2) is 4.31 Å². The highest BCUT2D eigenvalue weighted by molar-refractivity contribution is 7.97. The summed E-state index contributed by atoms with van der Waals surface area (Å²) in [6, 6.07) is 11.3. The smallest absolute Gasteiger partial charge is 0.0423 e. The summed E-state index contributed by atoms with van der Waals surface area (Å²) in [7, 11) is 0. The number of nitrogens with zero attached hydrogens (tertiary/aromatic N) is 1. The van der Waals surface area contributed by atoms with Crippen LogP contribution >= 0.6 is 11.9 Å². The average Bonchev–Trinajstić information content (AvgIpc) is 2.71. The zero-order valence-electron chi connectivity index (χ0n) is 7.94. The Kier molecular flexibility index (Phi) is 2.91. The molecule has 2 heteroatoms. The maximum absolute atomic E-state index is 2.48. The van der Waals surface area contributed by atoms with Crippen LogP contribution in [0.15, 0.2) is 30.3 Å². The number of benzene rings is 1. The Morgan fingerprint density at radius 2 is 2.08 bits per heavy atom. The van der Waals surface area contributed by atoms with Crippen molar-refractivity contribution >= 4 is 11.9 Å². The van der Waals surface area contributed by atoms with E-state index in [-0.39, 0.29) is 0 Å². The minimum Gasteiger partial charge on any atom is -0.243 e. The second-order valence-electron chi connectivity index (χ2n) is 3.41. The monoisotopic (exact) mass is 193 g/mol. The molecule has 0 bridgehead atoms. The highest BCUT2D eigenvalue weighted by Gasteiger charge is 2.19. The summed E-state index contributed by atoms with van der Waals surface area (Å²) >= 11 is 1.98. The summed E-state index contributed by atoms with van der Waals surface area (Å²) in [5.74, 6) is 1.29. The number of hydrogen-bond acceptors (Lipinski definition) is 2. The van der Waals surface area contributed by atoms with E-state index in [4.69, 9.17) is 0 Å². The molecular weight excluding hydrogens is 178 g/mol. The molecule has 0 aliphatic carbocycles. The Morgan fingerprint density at radius 3 is 2.69 bits per heavy atom. The molecule has 1 aliphatic rings. The first-order valence-corrected chi connectivity index (χ1v) is 5.76. The summed E-state index contributed by atoms with van der Waals surface area (Å²) in [5.41, 5.74) is 1.43. The van der Waals surface area contributed by atoms with Gasteiger partial charge >= 0.3 is 0 Å². The summed E-state index contributed by atoms with van der Waals surface area (Å²) < 4.78 is 2.48. The van der Waals surface area contributed by atoms with E-state index in [2.05, 4.69) is 41.6 Å². The third-order valence-electron chi connectivity index (χ3n) is 2.49. The van der Waals surface area contributed by atoms with Crippen LogP contribution in [0.2, 0.25) is 0 Å². The summed E-state index contributed by atoms with van der Waals surface area (Å²) in [6.45, 7) is 3.52. The molecule has 1 atom stereocenters. The molecule has 0 aromatic heterocycles. The van der Waals surface area contributed by atoms with Gasteiger partial charge in [-0.1, -0.05) is 42.3 Å². The molecule has 0 amide bonds. The highest BCUT2D eigenvalue weighted by Crippen LogP contribution is 2.31. The fourth-order valence-electron chi connectivity index (χ4n) is 1.67. The van der Waals surface area contributed by atoms with Crippen LogP contribution in [-0.4, -0.2) is 16.6 Å². The molecular formula is C11H15NS. The lowest BCUT2D eigenvalue weighted by atomic mass is 10.1. The van der Waals surface area contributed by atoms with Crippen LogP contribution in [0.5, 0.6) is 0 Å². The van der Waals surface area contributed by atoms with Crippen LogP contribution < -0.4 is 0 Å². The van der Waals surface area contributed by atoms with E-state index in [1.54, 1.807) is 0 Å². The molecule has 70 valence electrons. The van der Waals surface area contributed by atoms with Gasteiger partial charge in [-0.05, 0) is 18.9 Å². The molecule has 1 fully saturated rings. The van der Waals surface area contributed by atoms with Crippen molar-refractivity contribution in [3.05, 3.63) is 35.9 Å². The zero-order chi connectivity index (χ0) is 9.10. The van der Waals surface area contributed by atoms with Crippen LogP contribution in [-0.2, 0) is 0 Å². The average molecular weight is 193 g/mol. The lowest BCUT2D eigenvalue weighted by Crippen LogP contribution is -2.16. The fraction of sp³-hybridized carbons (Fsp3) is 0.455. The minimum absolute atomic E-state index is 0.564. The van der Waals surface area contributed by atoms with Gasteiger partial charge in [0.2, 0.25) is 0 Å². The van der Waals surface area contributed by atoms with Gasteiger partial charge in [0.15, 0.2) is 0 Å². The molecule has 1 heterocycles. The van der Waals surface area contributed by atoms with Crippen molar-refractivity contribution < 1.29 is 0 Å². The predicted molar refractivity (Wildman–Crippen MR) is 58.6 cm³/mol. The van der Waals surface area contributed by atoms with E-state index in [0.29, 0.717) is 6.04 Å². The molecule has 13 heavy (non-hydrogen) atoms. The molecule has 2 rings (SSSR count). The van der Waals surface area contributed by atoms with Crippen LogP contribution in [0.4, 0.5) is 0 Å².